The molecule has 0 aliphatic carbocycles. The Morgan fingerprint density at radius 3 is 2.00 bits per heavy atom. The number of halogens is 2. The Hall–Kier alpha value is -2.54. The lowest BCUT2D eigenvalue weighted by molar-refractivity contribution is 0.102. The predicted molar refractivity (Wildman–Crippen MR) is 127 cm³/mol. The van der Waals surface area contributed by atoms with Crippen molar-refractivity contribution in [2.75, 3.05) is 10.0 Å². The zero-order valence-corrected chi connectivity index (χ0v) is 19.6. The van der Waals surface area contributed by atoms with Crippen molar-refractivity contribution in [3.05, 3.63) is 87.9 Å². The number of benzene rings is 3. The summed E-state index contributed by atoms with van der Waals surface area (Å²) in [5.74, 6) is -0.486. The molecule has 0 saturated carbocycles. The molecule has 0 aliphatic heterocycles. The third kappa shape index (κ3) is 5.79. The van der Waals surface area contributed by atoms with Crippen LogP contribution in [0, 0.1) is 0 Å². The number of anilines is 2. The zero-order valence-electron chi connectivity index (χ0n) is 17.2. The normalized spacial score (nSPS) is 11.8. The van der Waals surface area contributed by atoms with Crippen molar-refractivity contribution < 1.29 is 13.2 Å². The summed E-state index contributed by atoms with van der Waals surface area (Å²) in [5, 5.41) is 3.52. The minimum Gasteiger partial charge on any atom is -0.322 e. The molecule has 3 aromatic carbocycles. The van der Waals surface area contributed by atoms with Gasteiger partial charge < -0.3 is 5.32 Å². The van der Waals surface area contributed by atoms with Crippen LogP contribution in [-0.4, -0.2) is 14.3 Å². The molecule has 0 atom stereocenters. The van der Waals surface area contributed by atoms with Crippen molar-refractivity contribution in [3.8, 4) is 0 Å². The Balaban J connectivity index is 1.87. The number of hydrogen-bond acceptors (Lipinski definition) is 3. The van der Waals surface area contributed by atoms with Gasteiger partial charge in [-0.3, -0.25) is 9.52 Å². The summed E-state index contributed by atoms with van der Waals surface area (Å²) in [6.07, 6.45) is 0. The first kappa shape index (κ1) is 23.1. The Labute approximate surface area is 192 Å². The molecule has 31 heavy (non-hydrogen) atoms. The van der Waals surface area contributed by atoms with Crippen LogP contribution in [0.15, 0.2) is 71.6 Å². The highest BCUT2D eigenvalue weighted by Gasteiger charge is 2.20. The maximum Gasteiger partial charge on any atom is 0.261 e. The van der Waals surface area contributed by atoms with Gasteiger partial charge in [0.05, 0.1) is 16.1 Å². The van der Waals surface area contributed by atoms with Crippen LogP contribution < -0.4 is 10.0 Å². The van der Waals surface area contributed by atoms with E-state index in [-0.39, 0.29) is 21.6 Å². The number of sulfonamides is 1. The first-order chi connectivity index (χ1) is 14.5. The van der Waals surface area contributed by atoms with Crippen molar-refractivity contribution >= 4 is 50.5 Å². The molecular weight excluding hydrogens is 455 g/mol. The molecule has 3 rings (SSSR count). The fraction of sp³-hybridized carbons (Fsp3) is 0.174. The van der Waals surface area contributed by atoms with Gasteiger partial charge in [-0.15, -0.1) is 0 Å². The summed E-state index contributed by atoms with van der Waals surface area (Å²) in [4.78, 5) is 12.9. The van der Waals surface area contributed by atoms with E-state index < -0.39 is 15.9 Å². The molecular formula is C23H22Cl2N2O3S. The second kappa shape index (κ2) is 8.91. The van der Waals surface area contributed by atoms with Crippen molar-refractivity contribution in [1.82, 2.24) is 0 Å². The molecule has 0 aromatic heterocycles. The SMILES string of the molecule is CC(C)(C)c1ccc(NC(=O)c2cc(Cl)ccc2NS(=O)(=O)c2ccc(Cl)cc2)cc1. The van der Waals surface area contributed by atoms with E-state index in [1.165, 1.54) is 42.5 Å². The summed E-state index contributed by atoms with van der Waals surface area (Å²) < 4.78 is 27.9. The standard InChI is InChI=1S/C23H22Cl2N2O3S/c1-23(2,3)15-4-9-18(10-5-15)26-22(28)20-14-17(25)8-13-21(20)27-31(29,30)19-11-6-16(24)7-12-19/h4-14,27H,1-3H3,(H,26,28). The van der Waals surface area contributed by atoms with E-state index in [0.717, 1.165) is 5.56 Å². The molecule has 0 saturated heterocycles. The van der Waals surface area contributed by atoms with Gasteiger partial charge in [0.1, 0.15) is 0 Å². The molecule has 8 heteroatoms. The fourth-order valence-corrected chi connectivity index (χ4v) is 4.24. The van der Waals surface area contributed by atoms with Gasteiger partial charge in [-0.05, 0) is 65.6 Å². The molecule has 3 aromatic rings. The predicted octanol–water partition coefficient (Wildman–Crippen LogP) is 6.34. The highest BCUT2D eigenvalue weighted by molar-refractivity contribution is 7.92. The van der Waals surface area contributed by atoms with Gasteiger partial charge in [0, 0.05) is 15.7 Å². The average Bonchev–Trinajstić information content (AvgIpc) is 2.69. The minimum absolute atomic E-state index is 0.0113. The molecule has 0 aliphatic rings. The van der Waals surface area contributed by atoms with E-state index in [1.54, 1.807) is 12.1 Å². The summed E-state index contributed by atoms with van der Waals surface area (Å²) in [7, 11) is -3.93. The molecule has 2 N–H and O–H groups in total. The van der Waals surface area contributed by atoms with Gasteiger partial charge in [-0.1, -0.05) is 56.1 Å². The molecule has 0 unspecified atom stereocenters. The van der Waals surface area contributed by atoms with E-state index in [2.05, 4.69) is 30.8 Å². The largest absolute Gasteiger partial charge is 0.322 e. The second-order valence-electron chi connectivity index (χ2n) is 8.03. The molecule has 0 radical (unpaired) electrons. The lowest BCUT2D eigenvalue weighted by Crippen LogP contribution is -2.19. The minimum atomic E-state index is -3.93. The van der Waals surface area contributed by atoms with Gasteiger partial charge in [0.15, 0.2) is 0 Å². The van der Waals surface area contributed by atoms with E-state index in [1.807, 2.05) is 12.1 Å². The highest BCUT2D eigenvalue weighted by atomic mass is 35.5. The van der Waals surface area contributed by atoms with Gasteiger partial charge in [0.25, 0.3) is 15.9 Å². The van der Waals surface area contributed by atoms with E-state index in [4.69, 9.17) is 23.2 Å². The van der Waals surface area contributed by atoms with E-state index in [9.17, 15) is 13.2 Å². The maximum absolute atomic E-state index is 12.9. The molecule has 5 nitrogen and oxygen atoms in total. The Morgan fingerprint density at radius 1 is 0.839 bits per heavy atom. The monoisotopic (exact) mass is 476 g/mol. The van der Waals surface area contributed by atoms with Crippen LogP contribution in [0.1, 0.15) is 36.7 Å². The third-order valence-corrected chi connectivity index (χ3v) is 6.47. The number of rotatable bonds is 5. The van der Waals surface area contributed by atoms with Crippen LogP contribution in [-0.2, 0) is 15.4 Å². The fourth-order valence-electron chi connectivity index (χ4n) is 2.86. The number of hydrogen-bond donors (Lipinski definition) is 2. The first-order valence-corrected chi connectivity index (χ1v) is 11.7. The molecule has 0 bridgehead atoms. The summed E-state index contributed by atoms with van der Waals surface area (Å²) >= 11 is 11.9. The lowest BCUT2D eigenvalue weighted by atomic mass is 9.87. The van der Waals surface area contributed by atoms with Gasteiger partial charge in [-0.25, -0.2) is 8.42 Å². The van der Waals surface area contributed by atoms with Crippen LogP contribution in [0.4, 0.5) is 11.4 Å². The first-order valence-electron chi connectivity index (χ1n) is 9.45. The van der Waals surface area contributed by atoms with Gasteiger partial charge in [-0.2, -0.15) is 0 Å². The van der Waals surface area contributed by atoms with Crippen LogP contribution in [0.2, 0.25) is 10.0 Å². The maximum atomic E-state index is 12.9. The summed E-state index contributed by atoms with van der Waals surface area (Å²) in [6, 6.07) is 17.6. The lowest BCUT2D eigenvalue weighted by Gasteiger charge is -2.19. The Bertz CT molecular complexity index is 1200. The molecule has 1 amide bonds. The number of amides is 1. The highest BCUT2D eigenvalue weighted by Crippen LogP contribution is 2.27. The number of carbonyl (C=O) groups excluding carboxylic acids is 1. The van der Waals surface area contributed by atoms with Crippen molar-refractivity contribution in [2.45, 2.75) is 31.1 Å². The zero-order chi connectivity index (χ0) is 22.8. The summed E-state index contributed by atoms with van der Waals surface area (Å²) in [6.45, 7) is 6.31. The van der Waals surface area contributed by atoms with E-state index in [0.29, 0.717) is 15.7 Å². The smallest absolute Gasteiger partial charge is 0.261 e. The molecule has 0 heterocycles. The Morgan fingerprint density at radius 2 is 1.42 bits per heavy atom. The van der Waals surface area contributed by atoms with Crippen molar-refractivity contribution in [2.24, 2.45) is 0 Å². The van der Waals surface area contributed by atoms with Crippen molar-refractivity contribution in [3.63, 3.8) is 0 Å². The average molecular weight is 477 g/mol. The second-order valence-corrected chi connectivity index (χ2v) is 10.6. The van der Waals surface area contributed by atoms with Gasteiger partial charge in [0.2, 0.25) is 0 Å². The Kier molecular flexibility index (Phi) is 6.65. The van der Waals surface area contributed by atoms with Crippen LogP contribution in [0.5, 0.6) is 0 Å². The van der Waals surface area contributed by atoms with Crippen LogP contribution >= 0.6 is 23.2 Å². The van der Waals surface area contributed by atoms with E-state index >= 15 is 0 Å². The topological polar surface area (TPSA) is 75.3 Å². The third-order valence-electron chi connectivity index (χ3n) is 4.60. The molecule has 162 valence electrons. The molecule has 0 spiro atoms. The number of carbonyl (C=O) groups is 1. The summed E-state index contributed by atoms with van der Waals surface area (Å²) in [5.41, 5.74) is 1.92. The quantitative estimate of drug-likeness (QED) is 0.450. The number of nitrogens with one attached hydrogen (secondary N) is 2. The van der Waals surface area contributed by atoms with Gasteiger partial charge >= 0.3 is 0 Å². The van der Waals surface area contributed by atoms with Crippen LogP contribution in [0.25, 0.3) is 0 Å². The molecule has 0 fully saturated rings. The van der Waals surface area contributed by atoms with Crippen LogP contribution in [0.3, 0.4) is 0 Å². The van der Waals surface area contributed by atoms with Crippen molar-refractivity contribution in [1.29, 1.82) is 0 Å².